The molecule has 2 aromatic rings. The fourth-order valence-corrected chi connectivity index (χ4v) is 4.58. The quantitative estimate of drug-likeness (QED) is 0.835. The minimum atomic E-state index is -0.468. The summed E-state index contributed by atoms with van der Waals surface area (Å²) in [7, 11) is 0. The van der Waals surface area contributed by atoms with Gasteiger partial charge in [0.05, 0.1) is 34.8 Å². The molecule has 5 heteroatoms. The summed E-state index contributed by atoms with van der Waals surface area (Å²) in [5.41, 5.74) is 1.08. The van der Waals surface area contributed by atoms with Crippen LogP contribution in [0.5, 0.6) is 11.5 Å². The van der Waals surface area contributed by atoms with Crippen molar-refractivity contribution in [1.82, 2.24) is 0 Å². The van der Waals surface area contributed by atoms with Gasteiger partial charge in [-0.1, -0.05) is 24.3 Å². The SMILES string of the molecule is O=C1c2ccccc2OC2C1C2C(=O)C1C2Oc3ccccc3C(=O)C21. The van der Waals surface area contributed by atoms with Gasteiger partial charge >= 0.3 is 0 Å². The maximum absolute atomic E-state index is 13.0. The highest BCUT2D eigenvalue weighted by Crippen LogP contribution is 2.57. The molecule has 2 fully saturated rings. The van der Waals surface area contributed by atoms with Crippen LogP contribution in [0.3, 0.4) is 0 Å². The highest BCUT2D eigenvalue weighted by molar-refractivity contribution is 6.12. The Bertz CT molecular complexity index is 929. The van der Waals surface area contributed by atoms with Crippen LogP contribution in [-0.4, -0.2) is 29.6 Å². The van der Waals surface area contributed by atoms with Crippen LogP contribution in [0.4, 0.5) is 0 Å². The fourth-order valence-electron chi connectivity index (χ4n) is 4.58. The zero-order valence-corrected chi connectivity index (χ0v) is 13.6. The van der Waals surface area contributed by atoms with E-state index in [0.29, 0.717) is 22.6 Å². The number of carbonyl (C=O) groups is 3. The summed E-state index contributed by atoms with van der Waals surface area (Å²) in [6.07, 6.45) is -0.796. The molecule has 2 aliphatic carbocycles. The number of rotatable bonds is 2. The lowest BCUT2D eigenvalue weighted by molar-refractivity contribution is -0.122. The second kappa shape index (κ2) is 4.61. The molecule has 2 aromatic carbocycles. The van der Waals surface area contributed by atoms with E-state index in [1.54, 1.807) is 36.4 Å². The first-order valence-corrected chi connectivity index (χ1v) is 8.80. The molecule has 26 heavy (non-hydrogen) atoms. The van der Waals surface area contributed by atoms with Gasteiger partial charge in [0.15, 0.2) is 11.6 Å². The molecule has 6 rings (SSSR count). The Morgan fingerprint density at radius 2 is 1.12 bits per heavy atom. The summed E-state index contributed by atoms with van der Waals surface area (Å²) in [6.45, 7) is 0. The van der Waals surface area contributed by atoms with Crippen molar-refractivity contribution in [3.05, 3.63) is 59.7 Å². The van der Waals surface area contributed by atoms with Gasteiger partial charge in [-0.05, 0) is 24.3 Å². The Balaban J connectivity index is 1.26. The zero-order valence-electron chi connectivity index (χ0n) is 13.6. The molecule has 0 saturated heterocycles. The summed E-state index contributed by atoms with van der Waals surface area (Å²) < 4.78 is 11.7. The van der Waals surface area contributed by atoms with Crippen LogP contribution in [0.15, 0.2) is 48.5 Å². The first kappa shape index (κ1) is 14.2. The van der Waals surface area contributed by atoms with Crippen LogP contribution < -0.4 is 9.47 Å². The molecule has 0 aromatic heterocycles. The fraction of sp³-hybridized carbons (Fsp3) is 0.286. The Kier molecular flexibility index (Phi) is 2.52. The van der Waals surface area contributed by atoms with Crippen molar-refractivity contribution >= 4 is 17.3 Å². The van der Waals surface area contributed by atoms with Gasteiger partial charge < -0.3 is 9.47 Å². The normalized spacial score (nSPS) is 35.1. The van der Waals surface area contributed by atoms with Crippen molar-refractivity contribution in [3.8, 4) is 11.5 Å². The Morgan fingerprint density at radius 3 is 1.58 bits per heavy atom. The van der Waals surface area contributed by atoms with Crippen molar-refractivity contribution in [1.29, 1.82) is 0 Å². The van der Waals surface area contributed by atoms with Gasteiger partial charge in [0.1, 0.15) is 29.5 Å². The van der Waals surface area contributed by atoms with E-state index in [9.17, 15) is 14.4 Å². The monoisotopic (exact) mass is 346 g/mol. The van der Waals surface area contributed by atoms with Gasteiger partial charge in [0.25, 0.3) is 0 Å². The van der Waals surface area contributed by atoms with Crippen LogP contribution in [0.1, 0.15) is 20.7 Å². The summed E-state index contributed by atoms with van der Waals surface area (Å²) >= 11 is 0. The molecule has 0 radical (unpaired) electrons. The Morgan fingerprint density at radius 1 is 0.692 bits per heavy atom. The minimum Gasteiger partial charge on any atom is -0.488 e. The maximum atomic E-state index is 13.0. The number of Topliss-reactive ketones (excluding diaryl/α,β-unsaturated/α-hetero) is 3. The average Bonchev–Trinajstić information content (AvgIpc) is 3.55. The summed E-state index contributed by atoms with van der Waals surface area (Å²) in [5.74, 6) is -0.824. The molecule has 4 aliphatic rings. The molecule has 6 unspecified atom stereocenters. The van der Waals surface area contributed by atoms with Gasteiger partial charge in [-0.25, -0.2) is 0 Å². The molecule has 0 spiro atoms. The zero-order chi connectivity index (χ0) is 17.6. The summed E-state index contributed by atoms with van der Waals surface area (Å²) in [4.78, 5) is 38.3. The Labute approximate surface area is 148 Å². The van der Waals surface area contributed by atoms with Gasteiger partial charge in [0.2, 0.25) is 0 Å². The number of carbonyl (C=O) groups excluding carboxylic acids is 3. The maximum Gasteiger partial charge on any atom is 0.174 e. The molecular formula is C21H14O5. The van der Waals surface area contributed by atoms with Crippen molar-refractivity contribution in [3.63, 3.8) is 0 Å². The second-order valence-corrected chi connectivity index (χ2v) is 7.39. The molecule has 0 bridgehead atoms. The summed E-state index contributed by atoms with van der Waals surface area (Å²) in [5, 5.41) is 0. The number of hydrogen-bond donors (Lipinski definition) is 0. The van der Waals surface area contributed by atoms with Crippen LogP contribution in [0.25, 0.3) is 0 Å². The number of hydrogen-bond acceptors (Lipinski definition) is 5. The molecule has 2 saturated carbocycles. The molecule has 6 atom stereocenters. The van der Waals surface area contributed by atoms with E-state index in [-0.39, 0.29) is 17.3 Å². The van der Waals surface area contributed by atoms with E-state index in [1.807, 2.05) is 12.1 Å². The van der Waals surface area contributed by atoms with E-state index < -0.39 is 35.9 Å². The average molecular weight is 346 g/mol. The predicted octanol–water partition coefficient (Wildman–Crippen LogP) is 2.34. The highest BCUT2D eigenvalue weighted by atomic mass is 16.5. The minimum absolute atomic E-state index is 0.0330. The molecule has 0 N–H and O–H groups in total. The third kappa shape index (κ3) is 1.68. The van der Waals surface area contributed by atoms with Crippen LogP contribution in [0.2, 0.25) is 0 Å². The van der Waals surface area contributed by atoms with E-state index in [1.165, 1.54) is 0 Å². The number of ether oxygens (including phenoxy) is 2. The molecule has 5 nitrogen and oxygen atoms in total. The second-order valence-electron chi connectivity index (χ2n) is 7.39. The first-order valence-electron chi connectivity index (χ1n) is 8.80. The van der Waals surface area contributed by atoms with Gasteiger partial charge in [-0.2, -0.15) is 0 Å². The van der Waals surface area contributed by atoms with E-state index in [4.69, 9.17) is 9.47 Å². The van der Waals surface area contributed by atoms with Crippen LogP contribution in [-0.2, 0) is 4.79 Å². The lowest BCUT2D eigenvalue weighted by Crippen LogP contribution is -2.16. The third-order valence-corrected chi connectivity index (χ3v) is 6.00. The van der Waals surface area contributed by atoms with Gasteiger partial charge in [0, 0.05) is 0 Å². The molecule has 128 valence electrons. The first-order chi connectivity index (χ1) is 12.7. The highest BCUT2D eigenvalue weighted by Gasteiger charge is 2.71. The molecule has 2 aliphatic heterocycles. The van der Waals surface area contributed by atoms with Gasteiger partial charge in [-0.3, -0.25) is 14.4 Å². The molecule has 0 amide bonds. The van der Waals surface area contributed by atoms with Crippen molar-refractivity contribution in [2.45, 2.75) is 12.2 Å². The van der Waals surface area contributed by atoms with E-state index in [2.05, 4.69) is 0 Å². The van der Waals surface area contributed by atoms with Crippen molar-refractivity contribution in [2.75, 3.05) is 0 Å². The molecule has 2 heterocycles. The van der Waals surface area contributed by atoms with Crippen LogP contribution in [0, 0.1) is 23.7 Å². The van der Waals surface area contributed by atoms with E-state index in [0.717, 1.165) is 0 Å². The lowest BCUT2D eigenvalue weighted by atomic mass is 10.00. The summed E-state index contributed by atoms with van der Waals surface area (Å²) in [6, 6.07) is 14.2. The molecular weight excluding hydrogens is 332 g/mol. The largest absolute Gasteiger partial charge is 0.488 e. The predicted molar refractivity (Wildman–Crippen MR) is 89.3 cm³/mol. The topological polar surface area (TPSA) is 69.7 Å². The van der Waals surface area contributed by atoms with E-state index >= 15 is 0 Å². The lowest BCUT2D eigenvalue weighted by Gasteiger charge is -2.14. The number of benzene rings is 2. The van der Waals surface area contributed by atoms with Crippen molar-refractivity contribution in [2.24, 2.45) is 23.7 Å². The third-order valence-electron chi connectivity index (χ3n) is 6.00. The van der Waals surface area contributed by atoms with Crippen LogP contribution >= 0.6 is 0 Å². The van der Waals surface area contributed by atoms with Gasteiger partial charge in [-0.15, -0.1) is 0 Å². The van der Waals surface area contributed by atoms with Crippen molar-refractivity contribution < 1.29 is 23.9 Å². The number of fused-ring (bicyclic) bond motifs is 4. The number of ketones is 3. The standard InChI is InChI=1S/C21H14O5/c22-17-9-5-1-3-7-11(9)25-20-13(17)15(20)19(24)16-14-18(23)10-6-2-4-8-12(10)26-21(14)16/h1-8,13-16,20-21H. The number of para-hydroxylation sites is 2. The Hall–Kier alpha value is -2.95. The smallest absolute Gasteiger partial charge is 0.174 e.